The van der Waals surface area contributed by atoms with Crippen molar-refractivity contribution in [2.45, 2.75) is 29.2 Å². The van der Waals surface area contributed by atoms with Crippen LogP contribution in [0.1, 0.15) is 12.0 Å². The molecular weight excluding hydrogens is 403 g/mol. The number of nitrogens with zero attached hydrogens (tertiary/aromatic N) is 2. The number of ether oxygens (including phenoxy) is 2. The number of carbonyl (C=O) groups is 1. The minimum Gasteiger partial charge on any atom is -0.497 e. The molecule has 0 radical (unpaired) electrons. The first kappa shape index (κ1) is 21.2. The van der Waals surface area contributed by atoms with Gasteiger partial charge in [0, 0.05) is 41.9 Å². The minimum absolute atomic E-state index is 0.132. The Morgan fingerprint density at radius 3 is 2.60 bits per heavy atom. The highest BCUT2D eigenvalue weighted by Gasteiger charge is 2.39. The largest absolute Gasteiger partial charge is 0.497 e. The summed E-state index contributed by atoms with van der Waals surface area (Å²) in [5.41, 5.74) is 0.632. The van der Waals surface area contributed by atoms with Crippen LogP contribution >= 0.6 is 11.8 Å². The third-order valence-electron chi connectivity index (χ3n) is 5.67. The van der Waals surface area contributed by atoms with E-state index in [0.29, 0.717) is 38.4 Å². The normalized spacial score (nSPS) is 22.3. The maximum atomic E-state index is 14.3. The number of halogens is 1. The molecule has 0 aliphatic carbocycles. The van der Waals surface area contributed by atoms with Gasteiger partial charge in [-0.05, 0) is 36.8 Å². The summed E-state index contributed by atoms with van der Waals surface area (Å²) in [7, 11) is 1.65. The Labute approximate surface area is 181 Å². The van der Waals surface area contributed by atoms with Gasteiger partial charge in [0.15, 0.2) is 0 Å². The Bertz CT molecular complexity index is 858. The predicted octanol–water partition coefficient (Wildman–Crippen LogP) is 3.43. The molecule has 0 aromatic heterocycles. The molecule has 5 nitrogen and oxygen atoms in total. The lowest BCUT2D eigenvalue weighted by molar-refractivity contribution is -0.140. The molecule has 2 aliphatic rings. The van der Waals surface area contributed by atoms with Crippen molar-refractivity contribution < 1.29 is 18.7 Å². The van der Waals surface area contributed by atoms with Crippen molar-refractivity contribution in [3.63, 3.8) is 0 Å². The lowest BCUT2D eigenvalue weighted by Crippen LogP contribution is -2.49. The highest BCUT2D eigenvalue weighted by atomic mass is 32.2. The molecule has 2 aromatic carbocycles. The SMILES string of the molecule is COc1ccc(S[C@@H]2C[C@@H](C(=O)N3CCOCC3)N(Cc3ccccc3F)C2)cc1. The maximum Gasteiger partial charge on any atom is 0.240 e. The van der Waals surface area contributed by atoms with E-state index in [1.165, 1.54) is 6.07 Å². The number of hydrogen-bond acceptors (Lipinski definition) is 5. The average Bonchev–Trinajstić information content (AvgIpc) is 3.18. The van der Waals surface area contributed by atoms with Gasteiger partial charge in [0.1, 0.15) is 11.6 Å². The first-order chi connectivity index (χ1) is 14.6. The van der Waals surface area contributed by atoms with E-state index in [9.17, 15) is 9.18 Å². The van der Waals surface area contributed by atoms with E-state index in [4.69, 9.17) is 9.47 Å². The Hall–Kier alpha value is -2.09. The second-order valence-electron chi connectivity index (χ2n) is 7.63. The molecule has 0 saturated carbocycles. The maximum absolute atomic E-state index is 14.3. The van der Waals surface area contributed by atoms with E-state index in [-0.39, 0.29) is 23.0 Å². The first-order valence-corrected chi connectivity index (χ1v) is 11.2. The fourth-order valence-electron chi connectivity index (χ4n) is 4.07. The molecule has 30 heavy (non-hydrogen) atoms. The third-order valence-corrected chi connectivity index (χ3v) is 6.89. The summed E-state index contributed by atoms with van der Waals surface area (Å²) in [6, 6.07) is 14.6. The highest BCUT2D eigenvalue weighted by Crippen LogP contribution is 2.35. The van der Waals surface area contributed by atoms with E-state index >= 15 is 0 Å². The molecule has 0 bridgehead atoms. The zero-order valence-electron chi connectivity index (χ0n) is 17.1. The molecule has 0 spiro atoms. The van der Waals surface area contributed by atoms with Crippen LogP contribution in [0.3, 0.4) is 0 Å². The van der Waals surface area contributed by atoms with Crippen LogP contribution in [-0.2, 0) is 16.1 Å². The summed E-state index contributed by atoms with van der Waals surface area (Å²) < 4.78 is 24.9. The standard InChI is InChI=1S/C23H27FN2O3S/c1-28-18-6-8-19(9-7-18)30-20-14-22(23(27)25-10-12-29-13-11-25)26(16-20)15-17-4-2-3-5-21(17)24/h2-9,20,22H,10-16H2,1H3/t20-,22+/m1/s1. The Balaban J connectivity index is 1.49. The number of carbonyl (C=O) groups excluding carboxylic acids is 1. The summed E-state index contributed by atoms with van der Waals surface area (Å²) >= 11 is 1.77. The molecule has 2 aliphatic heterocycles. The lowest BCUT2D eigenvalue weighted by Gasteiger charge is -2.32. The second-order valence-corrected chi connectivity index (χ2v) is 9.00. The predicted molar refractivity (Wildman–Crippen MR) is 115 cm³/mol. The van der Waals surface area contributed by atoms with Crippen LogP contribution in [0.2, 0.25) is 0 Å². The molecule has 2 heterocycles. The van der Waals surface area contributed by atoms with Gasteiger partial charge in [-0.15, -0.1) is 11.8 Å². The van der Waals surface area contributed by atoms with Crippen molar-refractivity contribution in [3.8, 4) is 5.75 Å². The number of morpholine rings is 1. The lowest BCUT2D eigenvalue weighted by atomic mass is 10.1. The molecule has 2 fully saturated rings. The van der Waals surface area contributed by atoms with E-state index in [2.05, 4.69) is 4.90 Å². The van der Waals surface area contributed by atoms with Crippen LogP contribution in [0.4, 0.5) is 4.39 Å². The van der Waals surface area contributed by atoms with Gasteiger partial charge in [0.05, 0.1) is 26.4 Å². The molecule has 4 rings (SSSR count). The summed E-state index contributed by atoms with van der Waals surface area (Å²) in [5.74, 6) is 0.737. The molecule has 2 aromatic rings. The monoisotopic (exact) mass is 430 g/mol. The van der Waals surface area contributed by atoms with Crippen LogP contribution in [-0.4, -0.2) is 67.0 Å². The van der Waals surface area contributed by atoms with Gasteiger partial charge < -0.3 is 14.4 Å². The fourth-order valence-corrected chi connectivity index (χ4v) is 5.29. The van der Waals surface area contributed by atoms with Gasteiger partial charge in [0.25, 0.3) is 0 Å². The van der Waals surface area contributed by atoms with Crippen molar-refractivity contribution in [1.82, 2.24) is 9.80 Å². The third kappa shape index (κ3) is 4.96. The van der Waals surface area contributed by atoms with E-state index in [0.717, 1.165) is 23.6 Å². The van der Waals surface area contributed by atoms with Crippen molar-refractivity contribution in [2.24, 2.45) is 0 Å². The second kappa shape index (κ2) is 9.81. The van der Waals surface area contributed by atoms with Gasteiger partial charge in [0.2, 0.25) is 5.91 Å². The molecule has 160 valence electrons. The van der Waals surface area contributed by atoms with Gasteiger partial charge in [-0.25, -0.2) is 4.39 Å². The van der Waals surface area contributed by atoms with Crippen LogP contribution < -0.4 is 4.74 Å². The van der Waals surface area contributed by atoms with Crippen LogP contribution in [0, 0.1) is 5.82 Å². The number of benzene rings is 2. The van der Waals surface area contributed by atoms with E-state index in [1.54, 1.807) is 31.0 Å². The van der Waals surface area contributed by atoms with Gasteiger partial charge >= 0.3 is 0 Å². The Morgan fingerprint density at radius 2 is 1.90 bits per heavy atom. The Kier molecular flexibility index (Phi) is 6.92. The van der Waals surface area contributed by atoms with Crippen molar-refractivity contribution in [1.29, 1.82) is 0 Å². The molecule has 0 unspecified atom stereocenters. The molecular formula is C23H27FN2O3S. The van der Waals surface area contributed by atoms with Gasteiger partial charge in [-0.2, -0.15) is 0 Å². The average molecular weight is 431 g/mol. The van der Waals surface area contributed by atoms with Crippen LogP contribution in [0.25, 0.3) is 0 Å². The summed E-state index contributed by atoms with van der Waals surface area (Å²) in [4.78, 5) is 18.4. The number of amides is 1. The number of thioether (sulfide) groups is 1. The quantitative estimate of drug-likeness (QED) is 0.703. The zero-order valence-corrected chi connectivity index (χ0v) is 17.9. The van der Waals surface area contributed by atoms with Crippen LogP contribution in [0.5, 0.6) is 5.75 Å². The first-order valence-electron chi connectivity index (χ1n) is 10.3. The fraction of sp³-hybridized carbons (Fsp3) is 0.435. The number of methoxy groups -OCH3 is 1. The number of likely N-dealkylation sites (tertiary alicyclic amines) is 1. The van der Waals surface area contributed by atoms with Gasteiger partial charge in [-0.1, -0.05) is 18.2 Å². The summed E-state index contributed by atoms with van der Waals surface area (Å²) in [6.07, 6.45) is 0.751. The summed E-state index contributed by atoms with van der Waals surface area (Å²) in [5, 5.41) is 0.264. The minimum atomic E-state index is -0.238. The number of hydrogen-bond donors (Lipinski definition) is 0. The highest BCUT2D eigenvalue weighted by molar-refractivity contribution is 8.00. The topological polar surface area (TPSA) is 42.0 Å². The van der Waals surface area contributed by atoms with E-state index < -0.39 is 0 Å². The zero-order chi connectivity index (χ0) is 20.9. The molecule has 7 heteroatoms. The Morgan fingerprint density at radius 1 is 1.17 bits per heavy atom. The smallest absolute Gasteiger partial charge is 0.240 e. The van der Waals surface area contributed by atoms with Crippen LogP contribution in [0.15, 0.2) is 53.4 Å². The molecule has 2 saturated heterocycles. The van der Waals surface area contributed by atoms with E-state index in [1.807, 2.05) is 35.2 Å². The molecule has 1 amide bonds. The number of rotatable bonds is 6. The molecule has 0 N–H and O–H groups in total. The molecule has 2 atom stereocenters. The van der Waals surface area contributed by atoms with Crippen molar-refractivity contribution in [2.75, 3.05) is 40.0 Å². The van der Waals surface area contributed by atoms with Crippen molar-refractivity contribution in [3.05, 3.63) is 59.9 Å². The van der Waals surface area contributed by atoms with Crippen molar-refractivity contribution >= 4 is 17.7 Å². The summed E-state index contributed by atoms with van der Waals surface area (Å²) in [6.45, 7) is 3.59. The van der Waals surface area contributed by atoms with Gasteiger partial charge in [-0.3, -0.25) is 9.69 Å².